The van der Waals surface area contributed by atoms with E-state index in [2.05, 4.69) is 0 Å². The van der Waals surface area contributed by atoms with E-state index in [0.29, 0.717) is 12.4 Å². The molecule has 0 N–H and O–H groups in total. The zero-order chi connectivity index (χ0) is 12.5. The van der Waals surface area contributed by atoms with Gasteiger partial charge < -0.3 is 0 Å². The molecule has 1 aromatic carbocycles. The highest BCUT2D eigenvalue weighted by Gasteiger charge is 2.28. The maximum absolute atomic E-state index is 13.1. The average Bonchev–Trinajstić information content (AvgIpc) is 2.83. The molecule has 2 rings (SSSR count). The molecule has 0 atom stereocenters. The van der Waals surface area contributed by atoms with Gasteiger partial charge in [-0.3, -0.25) is 0 Å². The maximum atomic E-state index is 13.1. The van der Waals surface area contributed by atoms with Crippen LogP contribution in [0.2, 0.25) is 0 Å². The van der Waals surface area contributed by atoms with Crippen LogP contribution in [0.4, 0.5) is 4.39 Å². The Labute approximate surface area is 103 Å². The summed E-state index contributed by atoms with van der Waals surface area (Å²) in [6.45, 7) is 0.451. The molecule has 1 aromatic rings. The smallest absolute Gasteiger partial charge is 0.207 e. The second-order valence-corrected chi connectivity index (χ2v) is 6.48. The summed E-state index contributed by atoms with van der Waals surface area (Å²) in [6, 6.07) is 4.91. The lowest BCUT2D eigenvalue weighted by Gasteiger charge is -2.14. The minimum Gasteiger partial charge on any atom is -0.207 e. The van der Waals surface area contributed by atoms with Crippen molar-refractivity contribution in [2.75, 3.05) is 18.2 Å². The number of nitrogens with zero attached hydrogens (tertiary/aromatic N) is 2. The van der Waals surface area contributed by atoms with Gasteiger partial charge in [-0.05, 0) is 18.2 Å². The average molecular weight is 272 g/mol. The van der Waals surface area contributed by atoms with Gasteiger partial charge in [0.25, 0.3) is 0 Å². The highest BCUT2D eigenvalue weighted by molar-refractivity contribution is 8.00. The van der Waals surface area contributed by atoms with Gasteiger partial charge in [-0.2, -0.15) is 9.57 Å². The predicted octanol–water partition coefficient (Wildman–Crippen LogP) is 1.39. The van der Waals surface area contributed by atoms with E-state index in [-0.39, 0.29) is 10.5 Å². The molecule has 1 aliphatic heterocycles. The molecule has 1 saturated heterocycles. The van der Waals surface area contributed by atoms with Gasteiger partial charge in [-0.1, -0.05) is 0 Å². The highest BCUT2D eigenvalue weighted by Crippen LogP contribution is 2.24. The Kier molecular flexibility index (Phi) is 3.38. The Bertz CT molecular complexity index is 574. The van der Waals surface area contributed by atoms with Crippen molar-refractivity contribution in [3.63, 3.8) is 0 Å². The quantitative estimate of drug-likeness (QED) is 0.816. The lowest BCUT2D eigenvalue weighted by molar-refractivity contribution is 0.489. The van der Waals surface area contributed by atoms with Crippen LogP contribution in [0.3, 0.4) is 0 Å². The van der Waals surface area contributed by atoms with Crippen molar-refractivity contribution in [3.8, 4) is 6.07 Å². The van der Waals surface area contributed by atoms with Crippen LogP contribution in [0.15, 0.2) is 23.1 Å². The molecule has 1 heterocycles. The summed E-state index contributed by atoms with van der Waals surface area (Å²) < 4.78 is 38.6. The van der Waals surface area contributed by atoms with E-state index >= 15 is 0 Å². The van der Waals surface area contributed by atoms with Gasteiger partial charge in [0.05, 0.1) is 16.3 Å². The lowest BCUT2D eigenvalue weighted by Crippen LogP contribution is -2.28. The second kappa shape index (κ2) is 4.64. The van der Waals surface area contributed by atoms with Crippen LogP contribution in [0.1, 0.15) is 5.56 Å². The fraction of sp³-hybridized carbons (Fsp3) is 0.300. The number of rotatable bonds is 2. The van der Waals surface area contributed by atoms with Crippen LogP contribution in [0.25, 0.3) is 0 Å². The summed E-state index contributed by atoms with van der Waals surface area (Å²) in [4.78, 5) is -0.0297. The molecular weight excluding hydrogens is 263 g/mol. The van der Waals surface area contributed by atoms with E-state index in [1.807, 2.05) is 0 Å². The molecule has 0 amide bonds. The number of benzene rings is 1. The highest BCUT2D eigenvalue weighted by atomic mass is 32.2. The van der Waals surface area contributed by atoms with Crippen molar-refractivity contribution < 1.29 is 12.8 Å². The first kappa shape index (κ1) is 12.4. The Hall–Kier alpha value is -1.10. The molecule has 1 fully saturated rings. The summed E-state index contributed by atoms with van der Waals surface area (Å²) in [6.07, 6.45) is 0. The van der Waals surface area contributed by atoms with Crippen LogP contribution in [0, 0.1) is 17.1 Å². The van der Waals surface area contributed by atoms with Crippen molar-refractivity contribution in [2.45, 2.75) is 4.90 Å². The van der Waals surface area contributed by atoms with Crippen LogP contribution < -0.4 is 0 Å². The Morgan fingerprint density at radius 1 is 1.47 bits per heavy atom. The van der Waals surface area contributed by atoms with E-state index in [0.717, 1.165) is 17.9 Å². The summed E-state index contributed by atoms with van der Waals surface area (Å²) in [5.41, 5.74) is -0.252. The van der Waals surface area contributed by atoms with Crippen LogP contribution in [-0.4, -0.2) is 30.9 Å². The first-order chi connectivity index (χ1) is 8.05. The third-order valence-corrected chi connectivity index (χ3v) is 5.39. The third kappa shape index (κ3) is 2.29. The van der Waals surface area contributed by atoms with Gasteiger partial charge in [0.1, 0.15) is 11.9 Å². The largest absolute Gasteiger partial charge is 0.243 e. The second-order valence-electron chi connectivity index (χ2n) is 3.47. The molecule has 0 saturated carbocycles. The zero-order valence-electron chi connectivity index (χ0n) is 8.76. The van der Waals surface area contributed by atoms with Crippen LogP contribution >= 0.6 is 11.8 Å². The molecule has 0 radical (unpaired) electrons. The molecule has 4 nitrogen and oxygen atoms in total. The molecule has 1 aliphatic rings. The van der Waals surface area contributed by atoms with Gasteiger partial charge in [0.2, 0.25) is 10.0 Å². The molecule has 7 heteroatoms. The number of hydrogen-bond donors (Lipinski definition) is 0. The summed E-state index contributed by atoms with van der Waals surface area (Å²) >= 11 is 1.52. The fourth-order valence-corrected chi connectivity index (χ4v) is 4.33. The standard InChI is InChI=1S/C10H9FN2O2S2/c11-10-2-1-9(5-8(10)6-12)17(14,15)13-3-4-16-7-13/h1-2,5H,3-4,7H2. The molecule has 90 valence electrons. The third-order valence-electron chi connectivity index (χ3n) is 2.42. The molecule has 0 aliphatic carbocycles. The van der Waals surface area contributed by atoms with Crippen molar-refractivity contribution in [1.82, 2.24) is 4.31 Å². The van der Waals surface area contributed by atoms with E-state index in [9.17, 15) is 12.8 Å². The Balaban J connectivity index is 2.43. The SMILES string of the molecule is N#Cc1cc(S(=O)(=O)N2CCSC2)ccc1F. The molecule has 17 heavy (non-hydrogen) atoms. The number of halogens is 1. The van der Waals surface area contributed by atoms with Crippen molar-refractivity contribution in [1.29, 1.82) is 5.26 Å². The van der Waals surface area contributed by atoms with Gasteiger partial charge >= 0.3 is 0 Å². The zero-order valence-corrected chi connectivity index (χ0v) is 10.4. The first-order valence-electron chi connectivity index (χ1n) is 4.83. The number of sulfonamides is 1. The Morgan fingerprint density at radius 2 is 2.24 bits per heavy atom. The van der Waals surface area contributed by atoms with E-state index in [4.69, 9.17) is 5.26 Å². The molecule has 0 aromatic heterocycles. The van der Waals surface area contributed by atoms with E-state index in [1.54, 1.807) is 6.07 Å². The van der Waals surface area contributed by atoms with E-state index in [1.165, 1.54) is 22.1 Å². The van der Waals surface area contributed by atoms with Crippen molar-refractivity contribution >= 4 is 21.8 Å². The van der Waals surface area contributed by atoms with Crippen molar-refractivity contribution in [3.05, 3.63) is 29.6 Å². The van der Waals surface area contributed by atoms with Gasteiger partial charge in [-0.25, -0.2) is 12.8 Å². The number of nitriles is 1. The first-order valence-corrected chi connectivity index (χ1v) is 7.43. The lowest BCUT2D eigenvalue weighted by atomic mass is 10.2. The minimum atomic E-state index is -3.59. The predicted molar refractivity (Wildman–Crippen MR) is 62.3 cm³/mol. The Morgan fingerprint density at radius 3 is 2.82 bits per heavy atom. The molecule has 0 bridgehead atoms. The normalized spacial score (nSPS) is 16.9. The van der Waals surface area contributed by atoms with Gasteiger partial charge in [0.15, 0.2) is 0 Å². The fourth-order valence-electron chi connectivity index (χ4n) is 1.49. The van der Waals surface area contributed by atoms with Crippen LogP contribution in [0.5, 0.6) is 0 Å². The minimum absolute atomic E-state index is 0.0297. The number of thioether (sulfide) groups is 1. The molecular formula is C10H9FN2O2S2. The molecule has 0 unspecified atom stereocenters. The summed E-state index contributed by atoms with van der Waals surface area (Å²) in [5.74, 6) is 0.454. The topological polar surface area (TPSA) is 61.2 Å². The number of hydrogen-bond acceptors (Lipinski definition) is 4. The summed E-state index contributed by atoms with van der Waals surface area (Å²) in [7, 11) is -3.59. The van der Waals surface area contributed by atoms with Crippen molar-refractivity contribution in [2.24, 2.45) is 0 Å². The van der Waals surface area contributed by atoms with Gasteiger partial charge in [0, 0.05) is 12.3 Å². The van der Waals surface area contributed by atoms with E-state index < -0.39 is 15.8 Å². The maximum Gasteiger partial charge on any atom is 0.243 e. The van der Waals surface area contributed by atoms with Gasteiger partial charge in [-0.15, -0.1) is 11.8 Å². The molecule has 0 spiro atoms. The van der Waals surface area contributed by atoms with Crippen LogP contribution in [-0.2, 0) is 10.0 Å². The summed E-state index contributed by atoms with van der Waals surface area (Å²) in [5, 5.41) is 8.67. The monoisotopic (exact) mass is 272 g/mol.